The molecule has 3 rings (SSSR count). The van der Waals surface area contributed by atoms with Crippen molar-refractivity contribution < 1.29 is 17.2 Å². The third-order valence-corrected chi connectivity index (χ3v) is 5.76. The van der Waals surface area contributed by atoms with E-state index in [0.29, 0.717) is 0 Å². The number of carbonyl (C=O) groups excluding carboxylic acids is 1. The van der Waals surface area contributed by atoms with Gasteiger partial charge in [-0.05, 0) is 39.2 Å². The maximum atomic E-state index is 12.2. The first kappa shape index (κ1) is 17.2. The SMILES string of the molecule is CN(C)CCCNC(=O)c1cc2sc3ccccc3c2s1.[Cl-]. The summed E-state index contributed by atoms with van der Waals surface area (Å²) < 4.78 is 3.73. The highest BCUT2D eigenvalue weighted by molar-refractivity contribution is 7.33. The van der Waals surface area contributed by atoms with Gasteiger partial charge >= 0.3 is 0 Å². The number of nitrogens with one attached hydrogen (secondary N) is 1. The molecule has 0 aliphatic carbocycles. The maximum Gasteiger partial charge on any atom is 0.261 e. The van der Waals surface area contributed by atoms with Crippen LogP contribution in [-0.2, 0) is 0 Å². The monoisotopic (exact) mass is 353 g/mol. The van der Waals surface area contributed by atoms with Crippen LogP contribution in [0.2, 0.25) is 0 Å². The van der Waals surface area contributed by atoms with Gasteiger partial charge in [0.05, 0.1) is 9.58 Å². The highest BCUT2D eigenvalue weighted by Crippen LogP contribution is 2.39. The van der Waals surface area contributed by atoms with Crippen LogP contribution in [0.25, 0.3) is 19.5 Å². The topological polar surface area (TPSA) is 32.3 Å². The fraction of sp³-hybridized carbons (Fsp3) is 0.312. The molecule has 2 aromatic heterocycles. The summed E-state index contributed by atoms with van der Waals surface area (Å²) in [5.41, 5.74) is 0. The van der Waals surface area contributed by atoms with E-state index < -0.39 is 0 Å². The van der Waals surface area contributed by atoms with Gasteiger partial charge < -0.3 is 22.6 Å². The molecule has 0 fully saturated rings. The summed E-state index contributed by atoms with van der Waals surface area (Å²) in [4.78, 5) is 15.1. The van der Waals surface area contributed by atoms with Crippen LogP contribution >= 0.6 is 22.7 Å². The van der Waals surface area contributed by atoms with Gasteiger partial charge in [0.2, 0.25) is 0 Å². The minimum Gasteiger partial charge on any atom is -1.00 e. The summed E-state index contributed by atoms with van der Waals surface area (Å²) >= 11 is 3.35. The van der Waals surface area contributed by atoms with Gasteiger partial charge in [0, 0.05) is 21.3 Å². The van der Waals surface area contributed by atoms with Gasteiger partial charge in [-0.3, -0.25) is 4.79 Å². The van der Waals surface area contributed by atoms with Gasteiger partial charge in [-0.25, -0.2) is 0 Å². The Labute approximate surface area is 144 Å². The van der Waals surface area contributed by atoms with Crippen molar-refractivity contribution in [1.29, 1.82) is 0 Å². The Morgan fingerprint density at radius 1 is 1.18 bits per heavy atom. The van der Waals surface area contributed by atoms with Crippen LogP contribution in [0.4, 0.5) is 0 Å². The molecular formula is C16H18ClN2OS2-. The Morgan fingerprint density at radius 2 is 1.95 bits per heavy atom. The summed E-state index contributed by atoms with van der Waals surface area (Å²) in [5, 5.41) is 4.26. The normalized spacial score (nSPS) is 11.0. The molecule has 0 saturated heterocycles. The van der Waals surface area contributed by atoms with Crippen molar-refractivity contribution >= 4 is 48.1 Å². The largest absolute Gasteiger partial charge is 1.00 e. The van der Waals surface area contributed by atoms with Crippen LogP contribution in [0.15, 0.2) is 30.3 Å². The van der Waals surface area contributed by atoms with E-state index in [0.717, 1.165) is 24.4 Å². The van der Waals surface area contributed by atoms with Crippen LogP contribution in [0, 0.1) is 0 Å². The molecule has 0 bridgehead atoms. The van der Waals surface area contributed by atoms with Crippen LogP contribution < -0.4 is 17.7 Å². The van der Waals surface area contributed by atoms with Gasteiger partial charge in [0.25, 0.3) is 5.91 Å². The molecule has 0 saturated carbocycles. The number of amides is 1. The molecule has 3 aromatic rings. The average molecular weight is 354 g/mol. The lowest BCUT2D eigenvalue weighted by Gasteiger charge is -2.09. The van der Waals surface area contributed by atoms with Crippen molar-refractivity contribution in [1.82, 2.24) is 10.2 Å². The molecule has 2 heterocycles. The minimum absolute atomic E-state index is 0. The fourth-order valence-electron chi connectivity index (χ4n) is 2.30. The molecule has 1 N–H and O–H groups in total. The highest BCUT2D eigenvalue weighted by Gasteiger charge is 2.13. The van der Waals surface area contributed by atoms with Crippen molar-refractivity contribution in [3.8, 4) is 0 Å². The Morgan fingerprint density at radius 3 is 2.73 bits per heavy atom. The number of thiophene rings is 2. The molecule has 0 atom stereocenters. The van der Waals surface area contributed by atoms with E-state index in [-0.39, 0.29) is 18.3 Å². The Balaban J connectivity index is 0.00000176. The smallest absolute Gasteiger partial charge is 0.261 e. The van der Waals surface area contributed by atoms with Gasteiger partial charge in [-0.15, -0.1) is 22.7 Å². The van der Waals surface area contributed by atoms with Gasteiger partial charge in [0.1, 0.15) is 0 Å². The third-order valence-electron chi connectivity index (χ3n) is 3.34. The minimum atomic E-state index is 0. The second-order valence-corrected chi connectivity index (χ2v) is 7.45. The number of benzene rings is 1. The zero-order valence-corrected chi connectivity index (χ0v) is 14.9. The maximum absolute atomic E-state index is 12.2. The second-order valence-electron chi connectivity index (χ2n) is 5.31. The number of rotatable bonds is 5. The van der Waals surface area contributed by atoms with Crippen molar-refractivity contribution in [2.24, 2.45) is 0 Å². The van der Waals surface area contributed by atoms with E-state index in [1.807, 2.05) is 20.2 Å². The van der Waals surface area contributed by atoms with E-state index in [9.17, 15) is 4.79 Å². The molecular weight excluding hydrogens is 336 g/mol. The number of halogens is 1. The zero-order valence-electron chi connectivity index (χ0n) is 12.6. The standard InChI is InChI=1S/C16H18N2OS2.ClH/c1-18(2)9-5-8-17-16(19)14-10-13-15(21-14)11-6-3-4-7-12(11)20-13;/h3-4,6-7,10H,5,8-9H2,1-2H3,(H,17,19);1H/p-1. The van der Waals surface area contributed by atoms with Crippen molar-refractivity contribution in [3.05, 3.63) is 35.2 Å². The molecule has 6 heteroatoms. The number of nitrogens with zero attached hydrogens (tertiary/aromatic N) is 1. The first-order chi connectivity index (χ1) is 10.1. The lowest BCUT2D eigenvalue weighted by molar-refractivity contribution is -0.0000125. The molecule has 1 amide bonds. The van der Waals surface area contributed by atoms with Crippen LogP contribution in [-0.4, -0.2) is 38.0 Å². The third kappa shape index (κ3) is 3.60. The Bertz CT molecular complexity index is 779. The van der Waals surface area contributed by atoms with Crippen molar-refractivity contribution in [3.63, 3.8) is 0 Å². The van der Waals surface area contributed by atoms with Crippen molar-refractivity contribution in [2.45, 2.75) is 6.42 Å². The van der Waals surface area contributed by atoms with E-state index in [1.54, 1.807) is 22.7 Å². The lowest BCUT2D eigenvalue weighted by atomic mass is 10.2. The van der Waals surface area contributed by atoms with Crippen LogP contribution in [0.1, 0.15) is 16.1 Å². The second kappa shape index (κ2) is 7.42. The number of fused-ring (bicyclic) bond motifs is 3. The van der Waals surface area contributed by atoms with Crippen LogP contribution in [0.3, 0.4) is 0 Å². The number of hydrogen-bond acceptors (Lipinski definition) is 4. The number of hydrogen-bond donors (Lipinski definition) is 1. The van der Waals surface area contributed by atoms with Gasteiger partial charge in [0.15, 0.2) is 0 Å². The lowest BCUT2D eigenvalue weighted by Crippen LogP contribution is -3.00. The summed E-state index contributed by atoms with van der Waals surface area (Å²) in [5.74, 6) is 0.0474. The summed E-state index contributed by atoms with van der Waals surface area (Å²) in [7, 11) is 4.08. The van der Waals surface area contributed by atoms with E-state index >= 15 is 0 Å². The number of carbonyl (C=O) groups is 1. The van der Waals surface area contributed by atoms with E-state index in [2.05, 4.69) is 34.5 Å². The predicted molar refractivity (Wildman–Crippen MR) is 92.7 cm³/mol. The molecule has 0 spiro atoms. The van der Waals surface area contributed by atoms with Gasteiger partial charge in [-0.2, -0.15) is 0 Å². The summed E-state index contributed by atoms with van der Waals surface area (Å²) in [6, 6.07) is 10.4. The molecule has 1 aromatic carbocycles. The van der Waals surface area contributed by atoms with E-state index in [1.165, 1.54) is 19.5 Å². The molecule has 0 unspecified atom stereocenters. The predicted octanol–water partition coefficient (Wildman–Crippen LogP) is 0.801. The average Bonchev–Trinajstić information content (AvgIpc) is 3.00. The molecule has 118 valence electrons. The summed E-state index contributed by atoms with van der Waals surface area (Å²) in [6.45, 7) is 1.72. The Hall–Kier alpha value is -1.14. The summed E-state index contributed by atoms with van der Waals surface area (Å²) in [6.07, 6.45) is 0.974. The fourth-order valence-corrected chi connectivity index (χ4v) is 4.74. The Kier molecular flexibility index (Phi) is 5.81. The quantitative estimate of drug-likeness (QED) is 0.688. The van der Waals surface area contributed by atoms with Crippen molar-refractivity contribution in [2.75, 3.05) is 27.2 Å². The van der Waals surface area contributed by atoms with Gasteiger partial charge in [-0.1, -0.05) is 18.2 Å². The van der Waals surface area contributed by atoms with E-state index in [4.69, 9.17) is 0 Å². The molecule has 0 aliphatic rings. The molecule has 3 nitrogen and oxygen atoms in total. The zero-order chi connectivity index (χ0) is 14.8. The molecule has 0 radical (unpaired) electrons. The highest BCUT2D eigenvalue weighted by atomic mass is 35.5. The van der Waals surface area contributed by atoms with Crippen LogP contribution in [0.5, 0.6) is 0 Å². The first-order valence-electron chi connectivity index (χ1n) is 6.99. The molecule has 0 aliphatic heterocycles. The molecule has 22 heavy (non-hydrogen) atoms. The first-order valence-corrected chi connectivity index (χ1v) is 8.62.